The first-order chi connectivity index (χ1) is 7.08. The van der Waals surface area contributed by atoms with Gasteiger partial charge in [0.25, 0.3) is 0 Å². The van der Waals surface area contributed by atoms with E-state index in [0.29, 0.717) is 0 Å². The van der Waals surface area contributed by atoms with Crippen LogP contribution in [0.25, 0.3) is 0 Å². The molecular formula is C14H20FeIN. The maximum atomic E-state index is 2.20. The molecule has 96 valence electrons. The topological polar surface area (TPSA) is 0 Å². The van der Waals surface area contributed by atoms with Gasteiger partial charge >= 0.3 is 17.1 Å². The fraction of sp³-hybridized carbons (Fsp3) is 0.286. The van der Waals surface area contributed by atoms with E-state index in [-0.39, 0.29) is 41.0 Å². The van der Waals surface area contributed by atoms with Crippen LogP contribution in [0.15, 0.2) is 54.6 Å². The quantitative estimate of drug-likeness (QED) is 0.296. The van der Waals surface area contributed by atoms with Crippen molar-refractivity contribution in [3.05, 3.63) is 60.2 Å². The minimum absolute atomic E-state index is 0. The summed E-state index contributed by atoms with van der Waals surface area (Å²) in [6.45, 7) is 1.12. The van der Waals surface area contributed by atoms with Crippen LogP contribution in [-0.4, -0.2) is 25.6 Å². The molecule has 0 N–H and O–H groups in total. The maximum Gasteiger partial charge on any atom is 2.00 e. The van der Waals surface area contributed by atoms with Crippen LogP contribution < -0.4 is 24.0 Å². The third kappa shape index (κ3) is 10.8. The molecule has 2 aromatic rings. The molecule has 2 aromatic carbocycles. The minimum Gasteiger partial charge on any atom is -1.00 e. The average Bonchev–Trinajstić information content (AvgIpc) is 2.71. The number of nitrogens with zero attached hydrogens (tertiary/aromatic N) is 1. The summed E-state index contributed by atoms with van der Waals surface area (Å²) in [5.41, 5.74) is 1.42. The summed E-state index contributed by atoms with van der Waals surface area (Å²) in [5.74, 6) is 0. The zero-order valence-electron chi connectivity index (χ0n) is 10.6. The summed E-state index contributed by atoms with van der Waals surface area (Å²) in [5, 5.41) is 0. The molecule has 0 aliphatic carbocycles. The largest absolute Gasteiger partial charge is 2.00 e. The van der Waals surface area contributed by atoms with E-state index in [2.05, 4.69) is 45.4 Å². The smallest absolute Gasteiger partial charge is 1.00 e. The van der Waals surface area contributed by atoms with Crippen molar-refractivity contribution >= 4 is 0 Å². The Kier molecular flexibility index (Phi) is 11.2. The molecular weight excluding hydrogens is 365 g/mol. The Morgan fingerprint density at radius 1 is 0.941 bits per heavy atom. The molecule has 17 heavy (non-hydrogen) atoms. The molecule has 0 bridgehead atoms. The first-order valence-electron chi connectivity index (χ1n) is 5.26. The van der Waals surface area contributed by atoms with Gasteiger partial charge in [-0.2, -0.15) is 30.3 Å². The average molecular weight is 385 g/mol. The van der Waals surface area contributed by atoms with Gasteiger partial charge in [-0.05, 0) is 0 Å². The van der Waals surface area contributed by atoms with Crippen LogP contribution in [0.2, 0.25) is 0 Å². The van der Waals surface area contributed by atoms with Crippen LogP contribution in [0.1, 0.15) is 5.56 Å². The number of quaternary nitrogens is 1. The van der Waals surface area contributed by atoms with Gasteiger partial charge in [-0.15, -0.1) is 5.56 Å². The van der Waals surface area contributed by atoms with Gasteiger partial charge in [0, 0.05) is 0 Å². The van der Waals surface area contributed by atoms with Crippen molar-refractivity contribution in [1.29, 1.82) is 0 Å². The monoisotopic (exact) mass is 385 g/mol. The molecule has 0 heterocycles. The molecule has 0 aliphatic rings. The van der Waals surface area contributed by atoms with E-state index in [4.69, 9.17) is 0 Å². The molecule has 1 nitrogen and oxygen atoms in total. The second-order valence-corrected chi connectivity index (χ2v) is 4.70. The van der Waals surface area contributed by atoms with E-state index >= 15 is 0 Å². The van der Waals surface area contributed by atoms with Crippen LogP contribution in [0.5, 0.6) is 0 Å². The van der Waals surface area contributed by atoms with Crippen molar-refractivity contribution in [2.45, 2.75) is 6.54 Å². The van der Waals surface area contributed by atoms with Gasteiger partial charge in [-0.25, -0.2) is 24.3 Å². The van der Waals surface area contributed by atoms with Crippen LogP contribution in [-0.2, 0) is 23.6 Å². The number of hydrogen-bond acceptors (Lipinski definition) is 0. The summed E-state index contributed by atoms with van der Waals surface area (Å²) in [4.78, 5) is 0. The Morgan fingerprint density at radius 2 is 1.41 bits per heavy atom. The molecule has 0 aromatic heterocycles. The molecule has 0 unspecified atom stereocenters. The van der Waals surface area contributed by atoms with Crippen molar-refractivity contribution in [2.24, 2.45) is 0 Å². The van der Waals surface area contributed by atoms with Gasteiger partial charge in [0.05, 0.1) is 27.7 Å². The summed E-state index contributed by atoms with van der Waals surface area (Å²) < 4.78 is 1.00. The Bertz CT molecular complexity index is 315. The summed E-state index contributed by atoms with van der Waals surface area (Å²) >= 11 is 0. The number of halogens is 1. The SMILES string of the molecule is C[N+](C)(C)C[c-]1cccc1.[Fe+2].[I-].c1cc[cH-]c1. The number of hydrogen-bond donors (Lipinski definition) is 0. The molecule has 0 saturated carbocycles. The van der Waals surface area contributed by atoms with E-state index < -0.39 is 0 Å². The van der Waals surface area contributed by atoms with Gasteiger partial charge in [-0.3, -0.25) is 0 Å². The molecule has 0 fully saturated rings. The molecule has 0 spiro atoms. The zero-order valence-corrected chi connectivity index (χ0v) is 13.8. The van der Waals surface area contributed by atoms with Gasteiger partial charge in [0.15, 0.2) is 0 Å². The zero-order chi connectivity index (χ0) is 11.1. The van der Waals surface area contributed by atoms with Crippen molar-refractivity contribution in [2.75, 3.05) is 21.1 Å². The van der Waals surface area contributed by atoms with E-state index in [0.717, 1.165) is 11.0 Å². The normalized spacial score (nSPS) is 9.35. The Morgan fingerprint density at radius 3 is 1.71 bits per heavy atom. The van der Waals surface area contributed by atoms with E-state index in [9.17, 15) is 0 Å². The second kappa shape index (κ2) is 9.89. The molecule has 2 rings (SSSR count). The van der Waals surface area contributed by atoms with Gasteiger partial charge in [0.2, 0.25) is 0 Å². The minimum atomic E-state index is 0. The predicted molar refractivity (Wildman–Crippen MR) is 65.8 cm³/mol. The maximum absolute atomic E-state index is 2.20. The Balaban J connectivity index is 0. The third-order valence-electron chi connectivity index (χ3n) is 1.94. The fourth-order valence-electron chi connectivity index (χ4n) is 1.39. The predicted octanol–water partition coefficient (Wildman–Crippen LogP) is 0.0187. The summed E-state index contributed by atoms with van der Waals surface area (Å²) in [6, 6.07) is 18.5. The molecule has 0 saturated heterocycles. The standard InChI is InChI=1S/C9H15N.C5H5.Fe.HI/c1-10(2,3)8-9-6-4-5-7-9;1-2-4-5-3-1;;/h4-7H,8H2,1-3H3;1-5H;;1H/q;-1;+2;/p-1. The summed E-state index contributed by atoms with van der Waals surface area (Å²) in [7, 11) is 6.60. The summed E-state index contributed by atoms with van der Waals surface area (Å²) in [6.07, 6.45) is 0. The van der Waals surface area contributed by atoms with Gasteiger partial charge < -0.3 is 28.5 Å². The first kappa shape index (κ1) is 19.3. The third-order valence-corrected chi connectivity index (χ3v) is 1.94. The Labute approximate surface area is 133 Å². The molecule has 0 aliphatic heterocycles. The van der Waals surface area contributed by atoms with Crippen LogP contribution in [0.3, 0.4) is 0 Å². The van der Waals surface area contributed by atoms with Gasteiger partial charge in [-0.1, -0.05) is 0 Å². The van der Waals surface area contributed by atoms with Crippen molar-refractivity contribution in [3.63, 3.8) is 0 Å². The molecule has 0 amide bonds. The van der Waals surface area contributed by atoms with Crippen molar-refractivity contribution < 1.29 is 45.5 Å². The Hall–Kier alpha value is -0.0905. The van der Waals surface area contributed by atoms with Crippen LogP contribution in [0.4, 0.5) is 0 Å². The van der Waals surface area contributed by atoms with E-state index in [1.165, 1.54) is 5.56 Å². The molecule has 0 radical (unpaired) electrons. The van der Waals surface area contributed by atoms with Crippen LogP contribution >= 0.6 is 0 Å². The second-order valence-electron chi connectivity index (χ2n) is 4.70. The van der Waals surface area contributed by atoms with E-state index in [1.807, 2.05) is 30.3 Å². The molecule has 3 heteroatoms. The van der Waals surface area contributed by atoms with Crippen molar-refractivity contribution in [1.82, 2.24) is 0 Å². The molecule has 0 atom stereocenters. The van der Waals surface area contributed by atoms with Gasteiger partial charge in [0.1, 0.15) is 0 Å². The first-order valence-corrected chi connectivity index (χ1v) is 5.26. The van der Waals surface area contributed by atoms with Crippen molar-refractivity contribution in [3.8, 4) is 0 Å². The number of rotatable bonds is 2. The fourth-order valence-corrected chi connectivity index (χ4v) is 1.39. The van der Waals surface area contributed by atoms with Crippen LogP contribution in [0, 0.1) is 0 Å². The van der Waals surface area contributed by atoms with E-state index in [1.54, 1.807) is 0 Å².